The number of carbonyl (C=O) groups is 1. The summed E-state index contributed by atoms with van der Waals surface area (Å²) in [4.78, 5) is 15.0. The van der Waals surface area contributed by atoms with Crippen molar-refractivity contribution in [1.82, 2.24) is 4.98 Å². The van der Waals surface area contributed by atoms with Crippen LogP contribution in [0.1, 0.15) is 10.4 Å². The number of aromatic carboxylic acids is 1. The first-order valence-corrected chi connectivity index (χ1v) is 5.94. The minimum Gasteiger partial charge on any atom is -0.496 e. The molecule has 0 radical (unpaired) electrons. The molecule has 110 valence electrons. The Labute approximate surface area is 120 Å². The van der Waals surface area contributed by atoms with Gasteiger partial charge < -0.3 is 25.1 Å². The lowest BCUT2D eigenvalue weighted by molar-refractivity contribution is 0.0697. The number of methoxy groups -OCH3 is 2. The zero-order chi connectivity index (χ0) is 15.4. The van der Waals surface area contributed by atoms with Crippen molar-refractivity contribution in [3.63, 3.8) is 0 Å². The Morgan fingerprint density at radius 3 is 2.24 bits per heavy atom. The SMILES string of the molecule is COc1cc(OC)cc(Oc2nccc(C(=O)O)c2N)c1. The van der Waals surface area contributed by atoms with Gasteiger partial charge >= 0.3 is 5.97 Å². The van der Waals surface area contributed by atoms with Crippen molar-refractivity contribution in [3.05, 3.63) is 36.0 Å². The maximum atomic E-state index is 11.0. The van der Waals surface area contributed by atoms with E-state index in [4.69, 9.17) is 25.1 Å². The summed E-state index contributed by atoms with van der Waals surface area (Å²) in [5, 5.41) is 9.02. The molecule has 2 aromatic rings. The van der Waals surface area contributed by atoms with Crippen molar-refractivity contribution in [3.8, 4) is 23.1 Å². The van der Waals surface area contributed by atoms with E-state index in [0.29, 0.717) is 17.2 Å². The monoisotopic (exact) mass is 290 g/mol. The molecule has 21 heavy (non-hydrogen) atoms. The fraction of sp³-hybridized carbons (Fsp3) is 0.143. The van der Waals surface area contributed by atoms with Crippen LogP contribution in [0.15, 0.2) is 30.5 Å². The standard InChI is InChI=1S/C14H14N2O5/c1-19-8-5-9(20-2)7-10(6-8)21-13-12(15)11(14(17)18)3-4-16-13/h3-7H,15H2,1-2H3,(H,17,18). The van der Waals surface area contributed by atoms with Crippen LogP contribution in [-0.2, 0) is 0 Å². The smallest absolute Gasteiger partial charge is 0.338 e. The lowest BCUT2D eigenvalue weighted by Crippen LogP contribution is -2.05. The number of hydrogen-bond acceptors (Lipinski definition) is 6. The molecule has 0 aliphatic heterocycles. The average Bonchev–Trinajstić information content (AvgIpc) is 2.48. The molecule has 3 N–H and O–H groups in total. The van der Waals surface area contributed by atoms with Gasteiger partial charge in [-0.3, -0.25) is 0 Å². The summed E-state index contributed by atoms with van der Waals surface area (Å²) in [5.41, 5.74) is 5.62. The zero-order valence-corrected chi connectivity index (χ0v) is 11.5. The summed E-state index contributed by atoms with van der Waals surface area (Å²) in [6.45, 7) is 0. The molecule has 1 aromatic carbocycles. The molecule has 0 aliphatic rings. The first-order chi connectivity index (χ1) is 10.0. The largest absolute Gasteiger partial charge is 0.496 e. The molecule has 0 saturated heterocycles. The number of hydrogen-bond donors (Lipinski definition) is 2. The molecule has 7 heteroatoms. The van der Waals surface area contributed by atoms with Crippen LogP contribution in [0, 0.1) is 0 Å². The number of carboxylic acid groups (broad SMARTS) is 1. The van der Waals surface area contributed by atoms with Crippen molar-refractivity contribution in [2.24, 2.45) is 0 Å². The van der Waals surface area contributed by atoms with Crippen molar-refractivity contribution in [2.45, 2.75) is 0 Å². The van der Waals surface area contributed by atoms with E-state index >= 15 is 0 Å². The predicted molar refractivity (Wildman–Crippen MR) is 75.2 cm³/mol. The summed E-state index contributed by atoms with van der Waals surface area (Å²) in [7, 11) is 3.02. The molecule has 0 bridgehead atoms. The van der Waals surface area contributed by atoms with Crippen LogP contribution in [0.2, 0.25) is 0 Å². The topological polar surface area (TPSA) is 104 Å². The molecule has 0 saturated carbocycles. The Hall–Kier alpha value is -2.96. The minimum absolute atomic E-state index is 0.00482. The number of rotatable bonds is 5. The summed E-state index contributed by atoms with van der Waals surface area (Å²) < 4.78 is 15.8. The fourth-order valence-electron chi connectivity index (χ4n) is 1.67. The third-order valence-electron chi connectivity index (χ3n) is 2.72. The first kappa shape index (κ1) is 14.4. The number of pyridine rings is 1. The second-order valence-electron chi connectivity index (χ2n) is 4.03. The van der Waals surface area contributed by atoms with E-state index in [2.05, 4.69) is 4.98 Å². The van der Waals surface area contributed by atoms with Crippen LogP contribution in [0.25, 0.3) is 0 Å². The number of carboxylic acids is 1. The molecule has 0 amide bonds. The molecule has 7 nitrogen and oxygen atoms in total. The zero-order valence-electron chi connectivity index (χ0n) is 11.5. The third kappa shape index (κ3) is 3.14. The van der Waals surface area contributed by atoms with E-state index in [1.54, 1.807) is 18.2 Å². The van der Waals surface area contributed by atoms with Gasteiger partial charge in [0.2, 0.25) is 5.88 Å². The van der Waals surface area contributed by atoms with Gasteiger partial charge in [-0.05, 0) is 6.07 Å². The van der Waals surface area contributed by atoms with Crippen molar-refractivity contribution < 1.29 is 24.1 Å². The van der Waals surface area contributed by atoms with Gasteiger partial charge in [0.1, 0.15) is 22.9 Å². The van der Waals surface area contributed by atoms with E-state index < -0.39 is 5.97 Å². The summed E-state index contributed by atoms with van der Waals surface area (Å²) in [6.07, 6.45) is 1.31. The van der Waals surface area contributed by atoms with Gasteiger partial charge in [0, 0.05) is 24.4 Å². The minimum atomic E-state index is -1.15. The molecule has 0 fully saturated rings. The van der Waals surface area contributed by atoms with Crippen molar-refractivity contribution >= 4 is 11.7 Å². The average molecular weight is 290 g/mol. The number of anilines is 1. The van der Waals surface area contributed by atoms with Gasteiger partial charge in [-0.1, -0.05) is 0 Å². The van der Waals surface area contributed by atoms with E-state index in [1.165, 1.54) is 26.5 Å². The van der Waals surface area contributed by atoms with E-state index in [9.17, 15) is 4.79 Å². The summed E-state index contributed by atoms with van der Waals surface area (Å²) in [5.74, 6) is 0.274. The Bertz CT molecular complexity index is 650. The van der Waals surface area contributed by atoms with E-state index in [0.717, 1.165) is 0 Å². The van der Waals surface area contributed by atoms with Crippen molar-refractivity contribution in [2.75, 3.05) is 20.0 Å². The number of nitrogens with two attached hydrogens (primary N) is 1. The van der Waals surface area contributed by atoms with Gasteiger partial charge in [0.05, 0.1) is 19.8 Å². The molecular formula is C14H14N2O5. The molecule has 0 spiro atoms. The Kier molecular flexibility index (Phi) is 4.13. The first-order valence-electron chi connectivity index (χ1n) is 5.94. The highest BCUT2D eigenvalue weighted by molar-refractivity contribution is 5.94. The Balaban J connectivity index is 2.38. The van der Waals surface area contributed by atoms with E-state index in [1.807, 2.05) is 0 Å². The summed E-state index contributed by atoms with van der Waals surface area (Å²) in [6, 6.07) is 6.20. The lowest BCUT2D eigenvalue weighted by atomic mass is 10.2. The number of nitrogen functional groups attached to an aromatic ring is 1. The highest BCUT2D eigenvalue weighted by Crippen LogP contribution is 2.32. The van der Waals surface area contributed by atoms with Crippen LogP contribution < -0.4 is 19.9 Å². The third-order valence-corrected chi connectivity index (χ3v) is 2.72. The Morgan fingerprint density at radius 2 is 1.71 bits per heavy atom. The van der Waals surface area contributed by atoms with Crippen LogP contribution in [0.4, 0.5) is 5.69 Å². The maximum absolute atomic E-state index is 11.0. The van der Waals surface area contributed by atoms with Crippen LogP contribution >= 0.6 is 0 Å². The van der Waals surface area contributed by atoms with Crippen LogP contribution in [-0.4, -0.2) is 30.3 Å². The van der Waals surface area contributed by atoms with Gasteiger partial charge in [-0.15, -0.1) is 0 Å². The number of nitrogens with zero attached hydrogens (tertiary/aromatic N) is 1. The normalized spacial score (nSPS) is 10.0. The van der Waals surface area contributed by atoms with Gasteiger partial charge in [0.25, 0.3) is 0 Å². The second-order valence-corrected chi connectivity index (χ2v) is 4.03. The molecule has 1 aromatic heterocycles. The highest BCUT2D eigenvalue weighted by Gasteiger charge is 2.14. The highest BCUT2D eigenvalue weighted by atomic mass is 16.5. The number of ether oxygens (including phenoxy) is 3. The molecule has 0 aliphatic carbocycles. The van der Waals surface area contributed by atoms with Crippen molar-refractivity contribution in [1.29, 1.82) is 0 Å². The lowest BCUT2D eigenvalue weighted by Gasteiger charge is -2.11. The van der Waals surface area contributed by atoms with Gasteiger partial charge in [-0.2, -0.15) is 0 Å². The Morgan fingerprint density at radius 1 is 1.14 bits per heavy atom. The number of aromatic nitrogens is 1. The van der Waals surface area contributed by atoms with Gasteiger partial charge in [0.15, 0.2) is 0 Å². The molecule has 1 heterocycles. The second kappa shape index (κ2) is 6.00. The van der Waals surface area contributed by atoms with Gasteiger partial charge in [-0.25, -0.2) is 9.78 Å². The molecule has 2 rings (SSSR count). The number of benzene rings is 1. The quantitative estimate of drug-likeness (QED) is 0.869. The molecule has 0 atom stereocenters. The molecule has 0 unspecified atom stereocenters. The van der Waals surface area contributed by atoms with Crippen LogP contribution in [0.5, 0.6) is 23.1 Å². The fourth-order valence-corrected chi connectivity index (χ4v) is 1.67. The van der Waals surface area contributed by atoms with Crippen LogP contribution in [0.3, 0.4) is 0 Å². The predicted octanol–water partition coefficient (Wildman–Crippen LogP) is 2.17. The van der Waals surface area contributed by atoms with E-state index in [-0.39, 0.29) is 17.1 Å². The maximum Gasteiger partial charge on any atom is 0.338 e. The summed E-state index contributed by atoms with van der Waals surface area (Å²) >= 11 is 0. The molecular weight excluding hydrogens is 276 g/mol.